The van der Waals surface area contributed by atoms with E-state index in [-0.39, 0.29) is 6.04 Å². The van der Waals surface area contributed by atoms with Crippen molar-refractivity contribution in [2.45, 2.75) is 40.7 Å². The summed E-state index contributed by atoms with van der Waals surface area (Å²) >= 11 is 2.37. The van der Waals surface area contributed by atoms with Crippen molar-refractivity contribution < 1.29 is 0 Å². The van der Waals surface area contributed by atoms with Crippen molar-refractivity contribution in [2.24, 2.45) is 5.73 Å². The van der Waals surface area contributed by atoms with E-state index < -0.39 is 0 Å². The van der Waals surface area contributed by atoms with E-state index in [1.54, 1.807) is 0 Å². The van der Waals surface area contributed by atoms with Gasteiger partial charge in [0.05, 0.1) is 6.04 Å². The predicted octanol–water partition coefficient (Wildman–Crippen LogP) is 4.88. The highest BCUT2D eigenvalue weighted by molar-refractivity contribution is 14.1. The number of hydrogen-bond donors (Lipinski definition) is 1. The Hall–Kier alpha value is -0.870. The normalized spacial score (nSPS) is 12.6. The van der Waals surface area contributed by atoms with Crippen molar-refractivity contribution >= 4 is 22.6 Å². The largest absolute Gasteiger partial charge is 0.320 e. The van der Waals surface area contributed by atoms with Crippen LogP contribution in [0.25, 0.3) is 0 Å². The minimum Gasteiger partial charge on any atom is -0.320 e. The Morgan fingerprint density at radius 1 is 0.800 bits per heavy atom. The van der Waals surface area contributed by atoms with Gasteiger partial charge < -0.3 is 5.73 Å². The topological polar surface area (TPSA) is 26.0 Å². The van der Waals surface area contributed by atoms with Gasteiger partial charge in [0, 0.05) is 3.57 Å². The summed E-state index contributed by atoms with van der Waals surface area (Å²) in [5.74, 6) is 0. The molecule has 2 heteroatoms. The van der Waals surface area contributed by atoms with Crippen molar-refractivity contribution in [1.82, 2.24) is 0 Å². The monoisotopic (exact) mass is 379 g/mol. The summed E-state index contributed by atoms with van der Waals surface area (Å²) in [6.07, 6.45) is 0. The third-order valence-corrected chi connectivity index (χ3v) is 5.59. The van der Waals surface area contributed by atoms with E-state index in [2.05, 4.69) is 81.5 Å². The van der Waals surface area contributed by atoms with Crippen molar-refractivity contribution in [3.8, 4) is 0 Å². The summed E-state index contributed by atoms with van der Waals surface area (Å²) in [5, 5.41) is 0. The van der Waals surface area contributed by atoms with Crippen LogP contribution in [-0.4, -0.2) is 0 Å². The molecule has 0 fully saturated rings. The smallest absolute Gasteiger partial charge is 0.0567 e. The predicted molar refractivity (Wildman–Crippen MR) is 95.3 cm³/mol. The molecule has 0 saturated heterocycles. The number of hydrogen-bond acceptors (Lipinski definition) is 1. The van der Waals surface area contributed by atoms with E-state index in [4.69, 9.17) is 5.73 Å². The Labute approximate surface area is 135 Å². The van der Waals surface area contributed by atoms with Crippen LogP contribution in [0, 0.1) is 38.2 Å². The van der Waals surface area contributed by atoms with Gasteiger partial charge in [0.1, 0.15) is 0 Å². The second-order valence-corrected chi connectivity index (χ2v) is 6.70. The molecule has 0 aliphatic carbocycles. The van der Waals surface area contributed by atoms with Crippen LogP contribution in [0.3, 0.4) is 0 Å². The van der Waals surface area contributed by atoms with Crippen LogP contribution in [0.1, 0.15) is 45.0 Å². The highest BCUT2D eigenvalue weighted by Crippen LogP contribution is 2.33. The van der Waals surface area contributed by atoms with Crippen molar-refractivity contribution in [3.63, 3.8) is 0 Å². The van der Waals surface area contributed by atoms with E-state index >= 15 is 0 Å². The summed E-state index contributed by atoms with van der Waals surface area (Å²) in [4.78, 5) is 0. The average molecular weight is 379 g/mol. The van der Waals surface area contributed by atoms with Gasteiger partial charge >= 0.3 is 0 Å². The number of nitrogens with two attached hydrogens (primary N) is 1. The fourth-order valence-corrected chi connectivity index (χ4v) is 3.60. The molecule has 0 aliphatic heterocycles. The molecule has 0 radical (unpaired) electrons. The first-order chi connectivity index (χ1) is 9.36. The molecule has 0 heterocycles. The maximum Gasteiger partial charge on any atom is 0.0567 e. The number of rotatable bonds is 2. The maximum atomic E-state index is 6.60. The van der Waals surface area contributed by atoms with Gasteiger partial charge in [0.15, 0.2) is 0 Å². The quantitative estimate of drug-likeness (QED) is 0.740. The molecular weight excluding hydrogens is 357 g/mol. The van der Waals surface area contributed by atoms with Crippen LogP contribution in [0.2, 0.25) is 0 Å². The second kappa shape index (κ2) is 5.86. The van der Waals surface area contributed by atoms with Gasteiger partial charge in [-0.25, -0.2) is 0 Å². The lowest BCUT2D eigenvalue weighted by Gasteiger charge is -2.24. The molecule has 2 rings (SSSR count). The summed E-state index contributed by atoms with van der Waals surface area (Å²) < 4.78 is 1.23. The fourth-order valence-electron chi connectivity index (χ4n) is 2.88. The number of halogens is 1. The summed E-state index contributed by atoms with van der Waals surface area (Å²) in [7, 11) is 0. The zero-order chi connectivity index (χ0) is 15.0. The molecule has 2 aromatic carbocycles. The third kappa shape index (κ3) is 2.51. The van der Waals surface area contributed by atoms with E-state index in [0.717, 1.165) is 0 Å². The van der Waals surface area contributed by atoms with Gasteiger partial charge in [-0.05, 0) is 102 Å². The first kappa shape index (κ1) is 15.5. The Bertz CT molecular complexity index is 630. The van der Waals surface area contributed by atoms with Crippen LogP contribution < -0.4 is 5.73 Å². The molecule has 0 amide bonds. The SMILES string of the molecule is Cc1c(C)c(C)c(C(N)c2ccccc2I)c(C)c1C. The van der Waals surface area contributed by atoms with Gasteiger partial charge in [-0.1, -0.05) is 18.2 Å². The molecule has 0 aliphatic rings. The second-order valence-electron chi connectivity index (χ2n) is 5.54. The molecule has 1 unspecified atom stereocenters. The van der Waals surface area contributed by atoms with E-state index in [9.17, 15) is 0 Å². The molecule has 106 valence electrons. The Morgan fingerprint density at radius 2 is 1.25 bits per heavy atom. The minimum absolute atomic E-state index is 0.0545. The molecule has 20 heavy (non-hydrogen) atoms. The standard InChI is InChI=1S/C18H22IN/c1-10-11(2)13(4)17(14(5)12(10)3)18(20)15-8-6-7-9-16(15)19/h6-9,18H,20H2,1-5H3. The Balaban J connectivity index is 2.68. The summed E-state index contributed by atoms with van der Waals surface area (Å²) in [6.45, 7) is 11.0. The molecule has 1 nitrogen and oxygen atoms in total. The molecule has 2 N–H and O–H groups in total. The van der Waals surface area contributed by atoms with E-state index in [1.165, 1.54) is 42.5 Å². The molecule has 1 atom stereocenters. The van der Waals surface area contributed by atoms with Crippen molar-refractivity contribution in [3.05, 3.63) is 66.8 Å². The van der Waals surface area contributed by atoms with Crippen LogP contribution in [0.15, 0.2) is 24.3 Å². The highest BCUT2D eigenvalue weighted by Gasteiger charge is 2.20. The molecule has 0 spiro atoms. The lowest BCUT2D eigenvalue weighted by molar-refractivity contribution is 0.838. The lowest BCUT2D eigenvalue weighted by Crippen LogP contribution is -2.18. The third-order valence-electron chi connectivity index (χ3n) is 4.61. The fraction of sp³-hybridized carbons (Fsp3) is 0.333. The highest BCUT2D eigenvalue weighted by atomic mass is 127. The molecule has 0 aromatic heterocycles. The van der Waals surface area contributed by atoms with Gasteiger partial charge in [-0.2, -0.15) is 0 Å². The van der Waals surface area contributed by atoms with Crippen molar-refractivity contribution in [1.29, 1.82) is 0 Å². The number of benzene rings is 2. The minimum atomic E-state index is -0.0545. The van der Waals surface area contributed by atoms with Gasteiger partial charge in [0.2, 0.25) is 0 Å². The van der Waals surface area contributed by atoms with Gasteiger partial charge in [-0.3, -0.25) is 0 Å². The zero-order valence-corrected chi connectivity index (χ0v) is 15.0. The van der Waals surface area contributed by atoms with Gasteiger partial charge in [0.25, 0.3) is 0 Å². The molecule has 0 saturated carbocycles. The first-order valence-electron chi connectivity index (χ1n) is 6.93. The Morgan fingerprint density at radius 3 is 1.75 bits per heavy atom. The molecule has 2 aromatic rings. The lowest BCUT2D eigenvalue weighted by atomic mass is 9.84. The van der Waals surface area contributed by atoms with Crippen LogP contribution in [0.5, 0.6) is 0 Å². The maximum absolute atomic E-state index is 6.60. The van der Waals surface area contributed by atoms with Crippen LogP contribution in [0.4, 0.5) is 0 Å². The Kier molecular flexibility index (Phi) is 4.55. The molecular formula is C18H22IN. The average Bonchev–Trinajstić information content (AvgIpc) is 2.43. The van der Waals surface area contributed by atoms with E-state index in [1.807, 2.05) is 0 Å². The molecule has 0 bridgehead atoms. The summed E-state index contributed by atoms with van der Waals surface area (Å²) in [5.41, 5.74) is 15.9. The van der Waals surface area contributed by atoms with Crippen molar-refractivity contribution in [2.75, 3.05) is 0 Å². The van der Waals surface area contributed by atoms with Crippen LogP contribution >= 0.6 is 22.6 Å². The zero-order valence-electron chi connectivity index (χ0n) is 12.8. The summed E-state index contributed by atoms with van der Waals surface area (Å²) in [6, 6.07) is 8.32. The first-order valence-corrected chi connectivity index (χ1v) is 8.01. The van der Waals surface area contributed by atoms with Crippen LogP contribution in [-0.2, 0) is 0 Å². The van der Waals surface area contributed by atoms with E-state index in [0.29, 0.717) is 0 Å². The van der Waals surface area contributed by atoms with Gasteiger partial charge in [-0.15, -0.1) is 0 Å².